The molecule has 0 fully saturated rings. The fourth-order valence-corrected chi connectivity index (χ4v) is 1.83. The highest BCUT2D eigenvalue weighted by Crippen LogP contribution is 2.19. The third-order valence-corrected chi connectivity index (χ3v) is 3.05. The average Bonchev–Trinajstić information content (AvgIpc) is 2.37. The standard InChI is InChI=1S/C13H20N2O2S/c1-18-10-4-8-15-13(16)7-9-17-12-6-3-2-5-11(12)14/h2-3,5-6H,4,7-10,14H2,1H3,(H,15,16). The molecule has 1 aromatic carbocycles. The molecule has 0 radical (unpaired) electrons. The quantitative estimate of drug-likeness (QED) is 0.558. The minimum atomic E-state index is 0.0191. The van der Waals surface area contributed by atoms with Crippen LogP contribution in [0.5, 0.6) is 5.75 Å². The monoisotopic (exact) mass is 268 g/mol. The normalized spacial score (nSPS) is 10.1. The number of carbonyl (C=O) groups is 1. The van der Waals surface area contributed by atoms with E-state index in [4.69, 9.17) is 10.5 Å². The first-order valence-corrected chi connectivity index (χ1v) is 7.36. The van der Waals surface area contributed by atoms with Crippen molar-refractivity contribution in [3.05, 3.63) is 24.3 Å². The van der Waals surface area contributed by atoms with Gasteiger partial charge in [-0.3, -0.25) is 4.79 Å². The number of hydrogen-bond donors (Lipinski definition) is 2. The van der Waals surface area contributed by atoms with E-state index in [1.165, 1.54) is 0 Å². The number of nitrogen functional groups attached to an aromatic ring is 1. The van der Waals surface area contributed by atoms with Crippen LogP contribution < -0.4 is 15.8 Å². The largest absolute Gasteiger partial charge is 0.491 e. The maximum atomic E-state index is 11.5. The zero-order valence-electron chi connectivity index (χ0n) is 10.6. The summed E-state index contributed by atoms with van der Waals surface area (Å²) in [6, 6.07) is 7.28. The van der Waals surface area contributed by atoms with Gasteiger partial charge in [0.05, 0.1) is 18.7 Å². The van der Waals surface area contributed by atoms with Gasteiger partial charge in [0.1, 0.15) is 5.75 Å². The SMILES string of the molecule is CSCCCNC(=O)CCOc1ccccc1N. The molecule has 0 aliphatic rings. The highest BCUT2D eigenvalue weighted by atomic mass is 32.2. The second-order valence-electron chi connectivity index (χ2n) is 3.83. The molecule has 0 saturated carbocycles. The predicted molar refractivity (Wildman–Crippen MR) is 77.0 cm³/mol. The number of hydrogen-bond acceptors (Lipinski definition) is 4. The Morgan fingerprint density at radius 1 is 1.44 bits per heavy atom. The number of benzene rings is 1. The number of amides is 1. The number of thioether (sulfide) groups is 1. The number of nitrogens with two attached hydrogens (primary N) is 1. The molecule has 1 rings (SSSR count). The molecule has 1 amide bonds. The lowest BCUT2D eigenvalue weighted by Crippen LogP contribution is -2.26. The number of rotatable bonds is 8. The molecule has 0 bridgehead atoms. The van der Waals surface area contributed by atoms with Gasteiger partial charge in [-0.1, -0.05) is 12.1 Å². The molecule has 0 aliphatic heterocycles. The summed E-state index contributed by atoms with van der Waals surface area (Å²) in [5.41, 5.74) is 6.32. The number of carbonyl (C=O) groups excluding carboxylic acids is 1. The minimum absolute atomic E-state index is 0.0191. The van der Waals surface area contributed by atoms with E-state index in [0.717, 1.165) is 18.7 Å². The Bertz CT molecular complexity index is 372. The molecular formula is C13H20N2O2S. The summed E-state index contributed by atoms with van der Waals surface area (Å²) >= 11 is 1.78. The lowest BCUT2D eigenvalue weighted by Gasteiger charge is -2.08. The van der Waals surface area contributed by atoms with Crippen LogP contribution in [0.25, 0.3) is 0 Å². The lowest BCUT2D eigenvalue weighted by atomic mass is 10.3. The second kappa shape index (κ2) is 8.69. The van der Waals surface area contributed by atoms with Crippen LogP contribution in [0, 0.1) is 0 Å². The molecule has 0 spiro atoms. The van der Waals surface area contributed by atoms with Crippen molar-refractivity contribution in [2.75, 3.05) is 30.9 Å². The van der Waals surface area contributed by atoms with E-state index in [1.807, 2.05) is 12.1 Å². The van der Waals surface area contributed by atoms with E-state index in [-0.39, 0.29) is 5.91 Å². The van der Waals surface area contributed by atoms with Crippen LogP contribution >= 0.6 is 11.8 Å². The predicted octanol–water partition coefficient (Wildman–Crippen LogP) is 1.91. The van der Waals surface area contributed by atoms with Gasteiger partial charge in [0.2, 0.25) is 5.91 Å². The first kappa shape index (κ1) is 14.7. The molecule has 0 aromatic heterocycles. The molecule has 4 nitrogen and oxygen atoms in total. The van der Waals surface area contributed by atoms with Crippen LogP contribution in [0.15, 0.2) is 24.3 Å². The first-order chi connectivity index (χ1) is 8.74. The maximum absolute atomic E-state index is 11.5. The minimum Gasteiger partial charge on any atom is -0.491 e. The summed E-state index contributed by atoms with van der Waals surface area (Å²) in [6.07, 6.45) is 3.41. The van der Waals surface area contributed by atoms with Crippen molar-refractivity contribution in [1.29, 1.82) is 0 Å². The fraction of sp³-hybridized carbons (Fsp3) is 0.462. The van der Waals surface area contributed by atoms with Gasteiger partial charge in [0.15, 0.2) is 0 Å². The van der Waals surface area contributed by atoms with Gasteiger partial charge in [-0.2, -0.15) is 11.8 Å². The molecule has 0 aliphatic carbocycles. The van der Waals surface area contributed by atoms with Gasteiger partial charge in [0, 0.05) is 6.54 Å². The smallest absolute Gasteiger partial charge is 0.223 e. The van der Waals surface area contributed by atoms with Gasteiger partial charge < -0.3 is 15.8 Å². The van der Waals surface area contributed by atoms with Gasteiger partial charge in [0.25, 0.3) is 0 Å². The Kier molecular flexibility index (Phi) is 7.10. The summed E-state index contributed by atoms with van der Waals surface area (Å²) in [4.78, 5) is 11.5. The highest BCUT2D eigenvalue weighted by Gasteiger charge is 2.02. The number of anilines is 1. The molecule has 100 valence electrons. The van der Waals surface area contributed by atoms with E-state index in [1.54, 1.807) is 23.9 Å². The lowest BCUT2D eigenvalue weighted by molar-refractivity contribution is -0.121. The summed E-state index contributed by atoms with van der Waals surface area (Å²) in [6.45, 7) is 1.08. The van der Waals surface area contributed by atoms with Crippen molar-refractivity contribution in [2.24, 2.45) is 0 Å². The van der Waals surface area contributed by atoms with E-state index < -0.39 is 0 Å². The van der Waals surface area contributed by atoms with Crippen LogP contribution in [0.2, 0.25) is 0 Å². The highest BCUT2D eigenvalue weighted by molar-refractivity contribution is 7.98. The molecule has 18 heavy (non-hydrogen) atoms. The first-order valence-electron chi connectivity index (χ1n) is 5.97. The maximum Gasteiger partial charge on any atom is 0.223 e. The second-order valence-corrected chi connectivity index (χ2v) is 4.82. The molecule has 0 atom stereocenters. The van der Waals surface area contributed by atoms with Gasteiger partial charge in [-0.15, -0.1) is 0 Å². The average molecular weight is 268 g/mol. The third-order valence-electron chi connectivity index (χ3n) is 2.35. The summed E-state index contributed by atoms with van der Waals surface area (Å²) < 4.78 is 5.44. The Morgan fingerprint density at radius 3 is 2.94 bits per heavy atom. The Balaban J connectivity index is 2.14. The van der Waals surface area contributed by atoms with E-state index in [2.05, 4.69) is 11.6 Å². The number of ether oxygens (including phenoxy) is 1. The van der Waals surface area contributed by atoms with Gasteiger partial charge in [-0.05, 0) is 30.6 Å². The Labute approximate surface area is 112 Å². The zero-order valence-corrected chi connectivity index (χ0v) is 11.5. The molecule has 0 saturated heterocycles. The number of nitrogens with one attached hydrogen (secondary N) is 1. The van der Waals surface area contributed by atoms with Crippen LogP contribution in [0.1, 0.15) is 12.8 Å². The molecule has 5 heteroatoms. The van der Waals surface area contributed by atoms with Crippen molar-refractivity contribution in [3.8, 4) is 5.75 Å². The third kappa shape index (κ3) is 5.82. The molecular weight excluding hydrogens is 248 g/mol. The van der Waals surface area contributed by atoms with E-state index in [0.29, 0.717) is 24.5 Å². The number of para-hydroxylation sites is 2. The topological polar surface area (TPSA) is 64.3 Å². The zero-order chi connectivity index (χ0) is 13.2. The molecule has 3 N–H and O–H groups in total. The van der Waals surface area contributed by atoms with Crippen molar-refractivity contribution in [3.63, 3.8) is 0 Å². The van der Waals surface area contributed by atoms with Crippen molar-refractivity contribution < 1.29 is 9.53 Å². The molecule has 0 unspecified atom stereocenters. The Hall–Kier alpha value is -1.36. The van der Waals surface area contributed by atoms with Crippen LogP contribution in [-0.4, -0.2) is 31.1 Å². The molecule has 1 aromatic rings. The van der Waals surface area contributed by atoms with Crippen molar-refractivity contribution >= 4 is 23.4 Å². The summed E-state index contributed by atoms with van der Waals surface area (Å²) in [7, 11) is 0. The van der Waals surface area contributed by atoms with Crippen molar-refractivity contribution in [2.45, 2.75) is 12.8 Å². The van der Waals surface area contributed by atoms with Gasteiger partial charge >= 0.3 is 0 Å². The Morgan fingerprint density at radius 2 is 2.22 bits per heavy atom. The van der Waals surface area contributed by atoms with Crippen LogP contribution in [0.4, 0.5) is 5.69 Å². The van der Waals surface area contributed by atoms with Crippen LogP contribution in [0.3, 0.4) is 0 Å². The van der Waals surface area contributed by atoms with E-state index in [9.17, 15) is 4.79 Å². The van der Waals surface area contributed by atoms with Crippen molar-refractivity contribution in [1.82, 2.24) is 5.32 Å². The van der Waals surface area contributed by atoms with Crippen LogP contribution in [-0.2, 0) is 4.79 Å². The summed E-state index contributed by atoms with van der Waals surface area (Å²) in [5, 5.41) is 2.85. The summed E-state index contributed by atoms with van der Waals surface area (Å²) in [5.74, 6) is 1.72. The molecule has 0 heterocycles. The van der Waals surface area contributed by atoms with Gasteiger partial charge in [-0.25, -0.2) is 0 Å². The van der Waals surface area contributed by atoms with E-state index >= 15 is 0 Å². The fourth-order valence-electron chi connectivity index (χ4n) is 1.40.